The molecule has 0 saturated carbocycles. The molecular formula is C15H14N6O2S2. The molecular weight excluding hydrogens is 360 g/mol. The molecule has 0 unspecified atom stereocenters. The van der Waals surface area contributed by atoms with E-state index >= 15 is 0 Å². The van der Waals surface area contributed by atoms with Gasteiger partial charge in [0, 0.05) is 11.9 Å². The lowest BCUT2D eigenvalue weighted by atomic mass is 10.4. The Hall–Kier alpha value is -2.59. The van der Waals surface area contributed by atoms with Gasteiger partial charge in [0.1, 0.15) is 5.76 Å². The average molecular weight is 374 g/mol. The van der Waals surface area contributed by atoms with Crippen molar-refractivity contribution >= 4 is 33.9 Å². The number of aromatic nitrogens is 5. The second kappa shape index (κ2) is 7.11. The average Bonchev–Trinajstić information content (AvgIpc) is 3.35. The zero-order valence-corrected chi connectivity index (χ0v) is 14.7. The number of pyridine rings is 1. The number of hydrogen-bond donors (Lipinski definition) is 1. The molecule has 0 radical (unpaired) electrons. The molecule has 128 valence electrons. The lowest BCUT2D eigenvalue weighted by Gasteiger charge is -1.97. The van der Waals surface area contributed by atoms with Crippen molar-refractivity contribution in [2.24, 2.45) is 0 Å². The van der Waals surface area contributed by atoms with E-state index in [1.165, 1.54) is 20.4 Å². The van der Waals surface area contributed by atoms with Crippen molar-refractivity contribution in [1.82, 2.24) is 24.4 Å². The molecule has 0 spiro atoms. The van der Waals surface area contributed by atoms with E-state index < -0.39 is 0 Å². The maximum Gasteiger partial charge on any atom is 0.350 e. The molecule has 0 fully saturated rings. The number of aryl methyl sites for hydroxylation is 1. The maximum absolute atomic E-state index is 12.2. The van der Waals surface area contributed by atoms with E-state index in [4.69, 9.17) is 4.42 Å². The number of fused-ring (bicyclic) bond motifs is 1. The number of hydrogen-bond acceptors (Lipinski definition) is 8. The van der Waals surface area contributed by atoms with Gasteiger partial charge in [-0.1, -0.05) is 29.2 Å². The van der Waals surface area contributed by atoms with Crippen LogP contribution in [0.1, 0.15) is 5.76 Å². The number of anilines is 1. The molecule has 0 saturated heterocycles. The summed E-state index contributed by atoms with van der Waals surface area (Å²) in [6.45, 7) is 1.09. The number of nitrogens with zero attached hydrogens (tertiary/aromatic N) is 5. The lowest BCUT2D eigenvalue weighted by molar-refractivity contribution is 0.518. The van der Waals surface area contributed by atoms with Gasteiger partial charge in [-0.25, -0.2) is 9.48 Å². The molecule has 25 heavy (non-hydrogen) atoms. The van der Waals surface area contributed by atoms with E-state index in [-0.39, 0.29) is 5.69 Å². The normalized spacial score (nSPS) is 11.2. The Bertz CT molecular complexity index is 1020. The van der Waals surface area contributed by atoms with Gasteiger partial charge in [-0.3, -0.25) is 4.40 Å². The summed E-state index contributed by atoms with van der Waals surface area (Å²) in [6.07, 6.45) is 3.36. The van der Waals surface area contributed by atoms with Gasteiger partial charge in [0.05, 0.1) is 19.4 Å². The van der Waals surface area contributed by atoms with Crippen LogP contribution in [-0.2, 0) is 13.1 Å². The minimum atomic E-state index is -0.130. The molecule has 0 atom stereocenters. The van der Waals surface area contributed by atoms with Crippen LogP contribution in [0.3, 0.4) is 0 Å². The second-order valence-corrected chi connectivity index (χ2v) is 7.41. The van der Waals surface area contributed by atoms with Crippen LogP contribution < -0.4 is 11.0 Å². The summed E-state index contributed by atoms with van der Waals surface area (Å²) in [4.78, 5) is 12.2. The lowest BCUT2D eigenvalue weighted by Crippen LogP contribution is -2.21. The third-order valence-corrected chi connectivity index (χ3v) is 5.41. The molecule has 0 amide bonds. The Morgan fingerprint density at radius 1 is 1.24 bits per heavy atom. The summed E-state index contributed by atoms with van der Waals surface area (Å²) < 4.78 is 9.11. The minimum Gasteiger partial charge on any atom is -0.467 e. The number of nitrogens with one attached hydrogen (secondary N) is 1. The van der Waals surface area contributed by atoms with Crippen molar-refractivity contribution < 1.29 is 4.42 Å². The standard InChI is InChI=1S/C15H14N6O2S2/c22-15-20-6-2-1-5-12(20)19-21(15)7-9-24-14-18-17-13(25-14)16-10-11-4-3-8-23-11/h1-6,8H,7,9-10H2,(H,16,17). The molecule has 4 aromatic rings. The van der Waals surface area contributed by atoms with Crippen LogP contribution in [0.2, 0.25) is 0 Å². The van der Waals surface area contributed by atoms with Gasteiger partial charge in [-0.15, -0.1) is 15.3 Å². The molecule has 4 heterocycles. The first-order valence-electron chi connectivity index (χ1n) is 7.56. The summed E-state index contributed by atoms with van der Waals surface area (Å²) in [6, 6.07) is 9.23. The third kappa shape index (κ3) is 3.59. The molecule has 10 heteroatoms. The van der Waals surface area contributed by atoms with Crippen molar-refractivity contribution in [1.29, 1.82) is 0 Å². The fraction of sp³-hybridized carbons (Fsp3) is 0.200. The van der Waals surface area contributed by atoms with E-state index in [0.717, 1.165) is 15.2 Å². The zero-order valence-electron chi connectivity index (χ0n) is 13.0. The molecule has 0 aliphatic carbocycles. The SMILES string of the molecule is O=c1n(CCSc2nnc(NCc3ccco3)s2)nc2ccccn12. The predicted octanol–water partition coefficient (Wildman–Crippen LogP) is 2.34. The predicted molar refractivity (Wildman–Crippen MR) is 96.1 cm³/mol. The first kappa shape index (κ1) is 15.9. The smallest absolute Gasteiger partial charge is 0.350 e. The van der Waals surface area contributed by atoms with Crippen LogP contribution in [0.5, 0.6) is 0 Å². The summed E-state index contributed by atoms with van der Waals surface area (Å²) in [5.74, 6) is 1.53. The van der Waals surface area contributed by atoms with Crippen molar-refractivity contribution in [2.75, 3.05) is 11.1 Å². The van der Waals surface area contributed by atoms with Crippen LogP contribution in [0.25, 0.3) is 5.65 Å². The Morgan fingerprint density at radius 3 is 3.04 bits per heavy atom. The molecule has 4 aromatic heterocycles. The van der Waals surface area contributed by atoms with Crippen molar-refractivity contribution in [3.63, 3.8) is 0 Å². The summed E-state index contributed by atoms with van der Waals surface area (Å²) in [7, 11) is 0. The molecule has 8 nitrogen and oxygen atoms in total. The van der Waals surface area contributed by atoms with E-state index in [9.17, 15) is 4.79 Å². The number of thioether (sulfide) groups is 1. The van der Waals surface area contributed by atoms with Crippen LogP contribution in [0.15, 0.2) is 56.3 Å². The van der Waals surface area contributed by atoms with Crippen LogP contribution in [0.4, 0.5) is 5.13 Å². The zero-order chi connectivity index (χ0) is 17.1. The van der Waals surface area contributed by atoms with Gasteiger partial charge >= 0.3 is 5.69 Å². The van der Waals surface area contributed by atoms with Gasteiger partial charge in [0.25, 0.3) is 0 Å². The maximum atomic E-state index is 12.2. The monoisotopic (exact) mass is 374 g/mol. The molecule has 0 aliphatic rings. The highest BCUT2D eigenvalue weighted by molar-refractivity contribution is 8.01. The Labute approximate surface area is 150 Å². The number of rotatable bonds is 7. The van der Waals surface area contributed by atoms with Crippen LogP contribution >= 0.6 is 23.1 Å². The van der Waals surface area contributed by atoms with Gasteiger partial charge < -0.3 is 9.73 Å². The van der Waals surface area contributed by atoms with E-state index in [1.54, 1.807) is 24.2 Å². The van der Waals surface area contributed by atoms with Crippen molar-refractivity contribution in [3.05, 3.63) is 59.0 Å². The fourth-order valence-electron chi connectivity index (χ4n) is 2.25. The Balaban J connectivity index is 1.32. The summed E-state index contributed by atoms with van der Waals surface area (Å²) in [5, 5.41) is 16.5. The third-order valence-electron chi connectivity index (χ3n) is 3.42. The molecule has 0 aliphatic heterocycles. The van der Waals surface area contributed by atoms with Gasteiger partial charge in [-0.2, -0.15) is 0 Å². The van der Waals surface area contributed by atoms with Gasteiger partial charge in [0.2, 0.25) is 5.13 Å². The Kier molecular flexibility index (Phi) is 4.53. The Morgan fingerprint density at radius 2 is 2.20 bits per heavy atom. The molecule has 1 N–H and O–H groups in total. The summed E-state index contributed by atoms with van der Waals surface area (Å²) >= 11 is 3.02. The first-order chi connectivity index (χ1) is 12.3. The van der Waals surface area contributed by atoms with Crippen molar-refractivity contribution in [3.8, 4) is 0 Å². The fourth-order valence-corrected chi connectivity index (χ4v) is 3.98. The molecule has 0 bridgehead atoms. The highest BCUT2D eigenvalue weighted by atomic mass is 32.2. The number of furan rings is 1. The van der Waals surface area contributed by atoms with Gasteiger partial charge in [0.15, 0.2) is 9.99 Å². The molecule has 4 rings (SSSR count). The van der Waals surface area contributed by atoms with Crippen molar-refractivity contribution in [2.45, 2.75) is 17.4 Å². The summed E-state index contributed by atoms with van der Waals surface area (Å²) in [5.41, 5.74) is 0.520. The quantitative estimate of drug-likeness (QED) is 0.497. The minimum absolute atomic E-state index is 0.130. The van der Waals surface area contributed by atoms with Crippen LogP contribution in [0, 0.1) is 0 Å². The van der Waals surface area contributed by atoms with E-state index in [0.29, 0.717) is 24.5 Å². The highest BCUT2D eigenvalue weighted by Gasteiger charge is 2.08. The highest BCUT2D eigenvalue weighted by Crippen LogP contribution is 2.25. The second-order valence-electron chi connectivity index (χ2n) is 5.09. The first-order valence-corrected chi connectivity index (χ1v) is 9.36. The largest absolute Gasteiger partial charge is 0.467 e. The van der Waals surface area contributed by atoms with E-state index in [2.05, 4.69) is 20.6 Å². The van der Waals surface area contributed by atoms with Crippen LogP contribution in [-0.4, -0.2) is 30.1 Å². The topological polar surface area (TPSA) is 90.2 Å². The van der Waals surface area contributed by atoms with Gasteiger partial charge in [-0.05, 0) is 24.3 Å². The van der Waals surface area contributed by atoms with E-state index in [1.807, 2.05) is 30.3 Å². The molecule has 0 aromatic carbocycles.